The van der Waals surface area contributed by atoms with Crippen LogP contribution in [0.4, 0.5) is 0 Å². The van der Waals surface area contributed by atoms with Gasteiger partial charge in [0.2, 0.25) is 5.91 Å². The van der Waals surface area contributed by atoms with Crippen molar-refractivity contribution in [1.82, 2.24) is 9.80 Å². The molecule has 2 saturated heterocycles. The number of benzene rings is 2. The molecule has 1 atom stereocenters. The molecule has 1 amide bonds. The fourth-order valence-corrected chi connectivity index (χ4v) is 6.07. The van der Waals surface area contributed by atoms with E-state index in [0.717, 1.165) is 13.1 Å². The number of sulfone groups is 1. The second-order valence-electron chi connectivity index (χ2n) is 7.69. The lowest BCUT2D eigenvalue weighted by atomic mass is 9.96. The minimum atomic E-state index is -3.03. The van der Waals surface area contributed by atoms with E-state index in [1.807, 2.05) is 17.0 Å². The molecule has 5 nitrogen and oxygen atoms in total. The van der Waals surface area contributed by atoms with Gasteiger partial charge in [-0.2, -0.15) is 0 Å². The van der Waals surface area contributed by atoms with Crippen molar-refractivity contribution < 1.29 is 13.2 Å². The summed E-state index contributed by atoms with van der Waals surface area (Å²) >= 11 is 0. The molecule has 2 aromatic carbocycles. The molecule has 2 aliphatic rings. The molecule has 1 unspecified atom stereocenters. The lowest BCUT2D eigenvalue weighted by Crippen LogP contribution is -2.51. The predicted molar refractivity (Wildman–Crippen MR) is 110 cm³/mol. The van der Waals surface area contributed by atoms with Gasteiger partial charge in [0, 0.05) is 26.2 Å². The van der Waals surface area contributed by atoms with E-state index in [1.54, 1.807) is 0 Å². The van der Waals surface area contributed by atoms with Gasteiger partial charge in [-0.25, -0.2) is 8.42 Å². The average Bonchev–Trinajstić information content (AvgIpc) is 3.10. The van der Waals surface area contributed by atoms with Crippen LogP contribution < -0.4 is 0 Å². The van der Waals surface area contributed by atoms with Gasteiger partial charge in [-0.05, 0) is 17.5 Å². The summed E-state index contributed by atoms with van der Waals surface area (Å²) in [4.78, 5) is 17.0. The molecule has 0 aliphatic carbocycles. The summed E-state index contributed by atoms with van der Waals surface area (Å²) in [5.74, 6) is -0.178. The van der Waals surface area contributed by atoms with Crippen LogP contribution in [0, 0.1) is 5.92 Å². The van der Waals surface area contributed by atoms with E-state index in [0.29, 0.717) is 19.5 Å². The van der Waals surface area contributed by atoms with E-state index in [-0.39, 0.29) is 29.4 Å². The van der Waals surface area contributed by atoms with Crippen molar-refractivity contribution in [3.8, 4) is 0 Å². The summed E-state index contributed by atoms with van der Waals surface area (Å²) in [7, 11) is -3.03. The van der Waals surface area contributed by atoms with Gasteiger partial charge in [-0.1, -0.05) is 60.7 Å². The van der Waals surface area contributed by atoms with Gasteiger partial charge in [0.05, 0.1) is 23.5 Å². The molecule has 0 aromatic heterocycles. The minimum Gasteiger partial charge on any atom is -0.340 e. The molecule has 0 N–H and O–H groups in total. The van der Waals surface area contributed by atoms with Gasteiger partial charge < -0.3 is 4.90 Å². The second kappa shape index (κ2) is 8.05. The van der Waals surface area contributed by atoms with Crippen molar-refractivity contribution in [3.05, 3.63) is 71.8 Å². The van der Waals surface area contributed by atoms with Crippen molar-refractivity contribution in [1.29, 1.82) is 0 Å². The molecule has 6 heteroatoms. The molecule has 148 valence electrons. The van der Waals surface area contributed by atoms with E-state index < -0.39 is 9.84 Å². The molecule has 28 heavy (non-hydrogen) atoms. The van der Waals surface area contributed by atoms with E-state index in [2.05, 4.69) is 53.4 Å². The first-order chi connectivity index (χ1) is 13.5. The third-order valence-electron chi connectivity index (χ3n) is 5.80. The van der Waals surface area contributed by atoms with Crippen molar-refractivity contribution >= 4 is 15.7 Å². The maximum Gasteiger partial charge on any atom is 0.226 e. The zero-order valence-electron chi connectivity index (χ0n) is 15.9. The Hall–Kier alpha value is -2.18. The molecule has 2 aliphatic heterocycles. The van der Waals surface area contributed by atoms with Crippen LogP contribution in [0.25, 0.3) is 0 Å². The smallest absolute Gasteiger partial charge is 0.226 e. The normalized spacial score (nSPS) is 22.5. The highest BCUT2D eigenvalue weighted by Gasteiger charge is 2.37. The number of carbonyl (C=O) groups excluding carboxylic acids is 1. The van der Waals surface area contributed by atoms with Gasteiger partial charge >= 0.3 is 0 Å². The SMILES string of the molecule is O=C(C1CCS(=O)(=O)C1)N1CCN(C(c2ccccc2)c2ccccc2)CC1. The van der Waals surface area contributed by atoms with E-state index in [4.69, 9.17) is 0 Å². The Morgan fingerprint density at radius 2 is 1.39 bits per heavy atom. The topological polar surface area (TPSA) is 57.7 Å². The zero-order chi connectivity index (χ0) is 19.6. The number of piperazine rings is 1. The molecule has 4 rings (SSSR count). The first-order valence-corrected chi connectivity index (χ1v) is 11.7. The Kier molecular flexibility index (Phi) is 5.51. The number of hydrogen-bond donors (Lipinski definition) is 0. The van der Waals surface area contributed by atoms with Crippen molar-refractivity contribution in [2.75, 3.05) is 37.7 Å². The Bertz CT molecular complexity index is 868. The minimum absolute atomic E-state index is 0.0108. The van der Waals surface area contributed by atoms with Crippen molar-refractivity contribution in [2.45, 2.75) is 12.5 Å². The highest BCUT2D eigenvalue weighted by atomic mass is 32.2. The van der Waals surface area contributed by atoms with Gasteiger partial charge in [0.15, 0.2) is 9.84 Å². The Morgan fingerprint density at radius 1 is 0.857 bits per heavy atom. The number of nitrogens with zero attached hydrogens (tertiary/aromatic N) is 2. The Balaban J connectivity index is 1.47. The van der Waals surface area contributed by atoms with E-state index >= 15 is 0 Å². The molecule has 2 fully saturated rings. The van der Waals surface area contributed by atoms with Crippen LogP contribution in [0.2, 0.25) is 0 Å². The van der Waals surface area contributed by atoms with Crippen LogP contribution in [0.15, 0.2) is 60.7 Å². The number of amides is 1. The van der Waals surface area contributed by atoms with Crippen LogP contribution in [-0.4, -0.2) is 61.8 Å². The monoisotopic (exact) mass is 398 g/mol. The summed E-state index contributed by atoms with van der Waals surface area (Å²) in [5, 5.41) is 0. The Labute approximate surface area is 166 Å². The van der Waals surface area contributed by atoms with Crippen LogP contribution in [0.1, 0.15) is 23.6 Å². The number of carbonyl (C=O) groups is 1. The van der Waals surface area contributed by atoms with Gasteiger partial charge in [-0.15, -0.1) is 0 Å². The summed E-state index contributed by atoms with van der Waals surface area (Å²) < 4.78 is 23.4. The van der Waals surface area contributed by atoms with Crippen LogP contribution in [-0.2, 0) is 14.6 Å². The standard InChI is InChI=1S/C22H26N2O3S/c25-22(20-11-16-28(26,27)17-20)24-14-12-23(13-15-24)21(18-7-3-1-4-8-18)19-9-5-2-6-10-19/h1-10,20-21H,11-17H2. The predicted octanol–water partition coefficient (Wildman–Crippen LogP) is 2.35. The molecule has 0 radical (unpaired) electrons. The molecule has 2 aromatic rings. The Morgan fingerprint density at radius 3 is 1.86 bits per heavy atom. The van der Waals surface area contributed by atoms with Gasteiger partial charge in [0.25, 0.3) is 0 Å². The average molecular weight is 399 g/mol. The van der Waals surface area contributed by atoms with Crippen LogP contribution in [0.5, 0.6) is 0 Å². The number of rotatable bonds is 4. The van der Waals surface area contributed by atoms with Crippen LogP contribution in [0.3, 0.4) is 0 Å². The highest BCUT2D eigenvalue weighted by molar-refractivity contribution is 7.91. The summed E-state index contributed by atoms with van der Waals surface area (Å²) in [6.07, 6.45) is 0.470. The fourth-order valence-electron chi connectivity index (χ4n) is 4.33. The summed E-state index contributed by atoms with van der Waals surface area (Å²) in [6, 6.07) is 21.1. The van der Waals surface area contributed by atoms with Crippen molar-refractivity contribution in [2.24, 2.45) is 5.92 Å². The van der Waals surface area contributed by atoms with Gasteiger partial charge in [-0.3, -0.25) is 9.69 Å². The van der Waals surface area contributed by atoms with E-state index in [9.17, 15) is 13.2 Å². The lowest BCUT2D eigenvalue weighted by Gasteiger charge is -2.40. The molecule has 2 heterocycles. The van der Waals surface area contributed by atoms with Crippen LogP contribution >= 0.6 is 0 Å². The largest absolute Gasteiger partial charge is 0.340 e. The summed E-state index contributed by atoms with van der Waals surface area (Å²) in [5.41, 5.74) is 2.49. The second-order valence-corrected chi connectivity index (χ2v) is 9.91. The molecular weight excluding hydrogens is 372 g/mol. The molecule has 0 bridgehead atoms. The lowest BCUT2D eigenvalue weighted by molar-refractivity contribution is -0.136. The first kappa shape index (κ1) is 19.2. The fraction of sp³-hybridized carbons (Fsp3) is 0.409. The molecule has 0 spiro atoms. The summed E-state index contributed by atoms with van der Waals surface area (Å²) in [6.45, 7) is 2.84. The van der Waals surface area contributed by atoms with E-state index in [1.165, 1.54) is 11.1 Å². The third kappa shape index (κ3) is 4.13. The number of hydrogen-bond acceptors (Lipinski definition) is 4. The van der Waals surface area contributed by atoms with Gasteiger partial charge in [0.1, 0.15) is 0 Å². The maximum atomic E-state index is 12.7. The molecule has 0 saturated carbocycles. The quantitative estimate of drug-likeness (QED) is 0.793. The maximum absolute atomic E-state index is 12.7. The molecular formula is C22H26N2O3S. The highest BCUT2D eigenvalue weighted by Crippen LogP contribution is 2.30. The third-order valence-corrected chi connectivity index (χ3v) is 7.57. The first-order valence-electron chi connectivity index (χ1n) is 9.87. The van der Waals surface area contributed by atoms with Crippen molar-refractivity contribution in [3.63, 3.8) is 0 Å². The zero-order valence-corrected chi connectivity index (χ0v) is 16.7.